The van der Waals surface area contributed by atoms with Crippen LogP contribution < -0.4 is 10.5 Å². The van der Waals surface area contributed by atoms with Crippen LogP contribution in [-0.2, 0) is 0 Å². The Morgan fingerprint density at radius 1 is 1.06 bits per heavy atom. The number of rotatable bonds is 2. The highest BCUT2D eigenvalue weighted by Gasteiger charge is 2.07. The van der Waals surface area contributed by atoms with Crippen molar-refractivity contribution in [2.75, 3.05) is 5.73 Å². The topological polar surface area (TPSA) is 59.0 Å². The zero-order chi connectivity index (χ0) is 13.1. The summed E-state index contributed by atoms with van der Waals surface area (Å²) in [5, 5.41) is 9.72. The maximum atomic E-state index is 8.82. The first kappa shape index (κ1) is 12.6. The summed E-state index contributed by atoms with van der Waals surface area (Å²) in [7, 11) is 0. The molecule has 0 aliphatic rings. The third-order valence-electron chi connectivity index (χ3n) is 2.26. The van der Waals surface area contributed by atoms with Crippen LogP contribution in [0.15, 0.2) is 36.4 Å². The summed E-state index contributed by atoms with van der Waals surface area (Å²) >= 11 is 11.8. The molecule has 0 unspecified atom stereocenters. The van der Waals surface area contributed by atoms with Crippen LogP contribution in [0.1, 0.15) is 5.56 Å². The standard InChI is InChI=1S/C13H8Cl2N2O/c14-9-2-4-12(10(15)6-9)18-13-5-8(7-16)1-3-11(13)17/h1-6H,17H2. The highest BCUT2D eigenvalue weighted by Crippen LogP contribution is 2.34. The number of nitriles is 1. The Morgan fingerprint density at radius 2 is 1.83 bits per heavy atom. The van der Waals surface area contributed by atoms with Crippen molar-refractivity contribution in [1.82, 2.24) is 0 Å². The second kappa shape index (κ2) is 5.18. The van der Waals surface area contributed by atoms with Crippen LogP contribution in [0.5, 0.6) is 11.5 Å². The van der Waals surface area contributed by atoms with E-state index < -0.39 is 0 Å². The zero-order valence-corrected chi connectivity index (χ0v) is 10.7. The smallest absolute Gasteiger partial charge is 0.151 e. The molecule has 0 radical (unpaired) electrons. The van der Waals surface area contributed by atoms with Crippen molar-refractivity contribution in [2.45, 2.75) is 0 Å². The molecule has 2 aromatic carbocycles. The maximum absolute atomic E-state index is 8.82. The SMILES string of the molecule is N#Cc1ccc(N)c(Oc2ccc(Cl)cc2Cl)c1. The predicted octanol–water partition coefficient (Wildman–Crippen LogP) is 4.24. The first-order valence-electron chi connectivity index (χ1n) is 5.02. The van der Waals surface area contributed by atoms with E-state index in [-0.39, 0.29) is 0 Å². The summed E-state index contributed by atoms with van der Waals surface area (Å²) < 4.78 is 5.57. The molecule has 0 saturated heterocycles. The molecule has 0 spiro atoms. The molecule has 2 rings (SSSR count). The van der Waals surface area contributed by atoms with E-state index in [9.17, 15) is 0 Å². The third kappa shape index (κ3) is 2.67. The Bertz CT molecular complexity index is 635. The number of nitrogen functional groups attached to an aromatic ring is 1. The number of anilines is 1. The lowest BCUT2D eigenvalue weighted by atomic mass is 10.2. The number of nitrogens with zero attached hydrogens (tertiary/aromatic N) is 1. The molecule has 0 atom stereocenters. The predicted molar refractivity (Wildman–Crippen MR) is 72.1 cm³/mol. The van der Waals surface area contributed by atoms with Gasteiger partial charge in [-0.2, -0.15) is 5.26 Å². The highest BCUT2D eigenvalue weighted by molar-refractivity contribution is 6.35. The molecule has 0 aliphatic carbocycles. The fraction of sp³-hybridized carbons (Fsp3) is 0. The van der Waals surface area contributed by atoms with Crippen molar-refractivity contribution < 1.29 is 4.74 Å². The van der Waals surface area contributed by atoms with Crippen molar-refractivity contribution in [1.29, 1.82) is 5.26 Å². The van der Waals surface area contributed by atoms with Gasteiger partial charge in [-0.15, -0.1) is 0 Å². The van der Waals surface area contributed by atoms with Gasteiger partial charge in [0.15, 0.2) is 5.75 Å². The van der Waals surface area contributed by atoms with Gasteiger partial charge in [0.25, 0.3) is 0 Å². The van der Waals surface area contributed by atoms with Crippen molar-refractivity contribution in [2.24, 2.45) is 0 Å². The van der Waals surface area contributed by atoms with Crippen LogP contribution in [0.2, 0.25) is 10.0 Å². The average molecular weight is 279 g/mol. The van der Waals surface area contributed by atoms with E-state index in [4.69, 9.17) is 38.9 Å². The second-order valence-electron chi connectivity index (χ2n) is 3.54. The Kier molecular flexibility index (Phi) is 3.61. The minimum atomic E-state index is 0.379. The van der Waals surface area contributed by atoms with Gasteiger partial charge in [0, 0.05) is 11.1 Å². The molecular formula is C13H8Cl2N2O. The Balaban J connectivity index is 2.37. The molecule has 0 saturated carbocycles. The Hall–Kier alpha value is -1.89. The van der Waals surface area contributed by atoms with Gasteiger partial charge in [-0.3, -0.25) is 0 Å². The van der Waals surface area contributed by atoms with Gasteiger partial charge in [-0.05, 0) is 30.3 Å². The Morgan fingerprint density at radius 3 is 2.50 bits per heavy atom. The molecule has 2 N–H and O–H groups in total. The van der Waals surface area contributed by atoms with Gasteiger partial charge in [-0.1, -0.05) is 23.2 Å². The lowest BCUT2D eigenvalue weighted by molar-refractivity contribution is 0.485. The lowest BCUT2D eigenvalue weighted by Crippen LogP contribution is -1.93. The summed E-state index contributed by atoms with van der Waals surface area (Å²) in [5.74, 6) is 0.820. The third-order valence-corrected chi connectivity index (χ3v) is 2.79. The average Bonchev–Trinajstić information content (AvgIpc) is 2.35. The summed E-state index contributed by atoms with van der Waals surface area (Å²) in [4.78, 5) is 0. The molecule has 0 aromatic heterocycles. The molecular weight excluding hydrogens is 271 g/mol. The van der Waals surface area contributed by atoms with Gasteiger partial charge in [0.2, 0.25) is 0 Å². The molecule has 5 heteroatoms. The number of benzene rings is 2. The molecule has 0 heterocycles. The molecule has 0 fully saturated rings. The fourth-order valence-corrected chi connectivity index (χ4v) is 1.82. The first-order valence-corrected chi connectivity index (χ1v) is 5.78. The van der Waals surface area contributed by atoms with E-state index in [1.807, 2.05) is 6.07 Å². The van der Waals surface area contributed by atoms with E-state index in [2.05, 4.69) is 0 Å². The number of hydrogen-bond acceptors (Lipinski definition) is 3. The first-order chi connectivity index (χ1) is 8.60. The summed E-state index contributed by atoms with van der Waals surface area (Å²) in [5.41, 5.74) is 6.66. The number of nitrogens with two attached hydrogens (primary N) is 1. The summed E-state index contributed by atoms with van der Waals surface area (Å²) in [6.07, 6.45) is 0. The number of halogens is 2. The summed E-state index contributed by atoms with van der Waals surface area (Å²) in [6, 6.07) is 11.7. The molecule has 90 valence electrons. The quantitative estimate of drug-likeness (QED) is 0.836. The van der Waals surface area contributed by atoms with Crippen LogP contribution >= 0.6 is 23.2 Å². The normalized spacial score (nSPS) is 9.83. The molecule has 0 aliphatic heterocycles. The largest absolute Gasteiger partial charge is 0.454 e. The van der Waals surface area contributed by atoms with Gasteiger partial charge >= 0.3 is 0 Å². The number of ether oxygens (including phenoxy) is 1. The molecule has 0 amide bonds. The van der Waals surface area contributed by atoms with Gasteiger partial charge in [0.05, 0.1) is 22.3 Å². The maximum Gasteiger partial charge on any atom is 0.151 e. The fourth-order valence-electron chi connectivity index (χ4n) is 1.37. The van der Waals surface area contributed by atoms with Crippen molar-refractivity contribution in [3.63, 3.8) is 0 Å². The van der Waals surface area contributed by atoms with Gasteiger partial charge < -0.3 is 10.5 Å². The molecule has 18 heavy (non-hydrogen) atoms. The van der Waals surface area contributed by atoms with Crippen molar-refractivity contribution in [3.05, 3.63) is 52.0 Å². The minimum absolute atomic E-state index is 0.379. The summed E-state index contributed by atoms with van der Waals surface area (Å²) in [6.45, 7) is 0. The molecule has 2 aromatic rings. The van der Waals surface area contributed by atoms with Crippen LogP contribution in [0.25, 0.3) is 0 Å². The minimum Gasteiger partial charge on any atom is -0.454 e. The lowest BCUT2D eigenvalue weighted by Gasteiger charge is -2.10. The van der Waals surface area contributed by atoms with Gasteiger partial charge in [0.1, 0.15) is 5.75 Å². The molecule has 0 bridgehead atoms. The highest BCUT2D eigenvalue weighted by atomic mass is 35.5. The number of hydrogen-bond donors (Lipinski definition) is 1. The Labute approximate surface area is 114 Å². The van der Waals surface area contributed by atoms with Crippen molar-refractivity contribution in [3.8, 4) is 17.6 Å². The van der Waals surface area contributed by atoms with E-state index in [1.165, 1.54) is 0 Å². The zero-order valence-electron chi connectivity index (χ0n) is 9.15. The van der Waals surface area contributed by atoms with Crippen LogP contribution in [0.3, 0.4) is 0 Å². The van der Waals surface area contributed by atoms with Gasteiger partial charge in [-0.25, -0.2) is 0 Å². The molecule has 3 nitrogen and oxygen atoms in total. The van der Waals surface area contributed by atoms with Crippen LogP contribution in [-0.4, -0.2) is 0 Å². The second-order valence-corrected chi connectivity index (χ2v) is 4.38. The van der Waals surface area contributed by atoms with E-state index in [0.717, 1.165) is 0 Å². The van der Waals surface area contributed by atoms with E-state index in [0.29, 0.717) is 32.8 Å². The van der Waals surface area contributed by atoms with Crippen molar-refractivity contribution >= 4 is 28.9 Å². The van der Waals surface area contributed by atoms with E-state index in [1.54, 1.807) is 36.4 Å². The van der Waals surface area contributed by atoms with Crippen LogP contribution in [0, 0.1) is 11.3 Å². The van der Waals surface area contributed by atoms with E-state index >= 15 is 0 Å². The van der Waals surface area contributed by atoms with Crippen LogP contribution in [0.4, 0.5) is 5.69 Å². The monoisotopic (exact) mass is 278 g/mol.